The van der Waals surface area contributed by atoms with Crippen molar-refractivity contribution in [2.24, 2.45) is 5.41 Å². The normalized spacial score (nSPS) is 24.9. The zero-order valence-corrected chi connectivity index (χ0v) is 13.9. The molecule has 2 saturated heterocycles. The van der Waals surface area contributed by atoms with Crippen LogP contribution in [0.3, 0.4) is 0 Å². The molecule has 2 aliphatic rings. The summed E-state index contributed by atoms with van der Waals surface area (Å²) in [7, 11) is 3.60. The molecule has 0 aromatic carbocycles. The van der Waals surface area contributed by atoms with Gasteiger partial charge in [0.15, 0.2) is 0 Å². The second-order valence-electron chi connectivity index (χ2n) is 6.94. The number of hydrogen-bond acceptors (Lipinski definition) is 5. The van der Waals surface area contributed by atoms with E-state index in [-0.39, 0.29) is 11.5 Å². The molecule has 0 bridgehead atoms. The van der Waals surface area contributed by atoms with Gasteiger partial charge in [-0.05, 0) is 50.9 Å². The molecule has 0 aliphatic carbocycles. The summed E-state index contributed by atoms with van der Waals surface area (Å²) >= 11 is 0. The molecule has 1 spiro atoms. The first kappa shape index (κ1) is 16.2. The second-order valence-corrected chi connectivity index (χ2v) is 6.94. The molecule has 0 saturated carbocycles. The van der Waals surface area contributed by atoms with Gasteiger partial charge in [-0.25, -0.2) is 0 Å². The Balaban J connectivity index is 1.57. The number of pyridine rings is 1. The smallest absolute Gasteiger partial charge is 0.320 e. The molecule has 0 radical (unpaired) electrons. The van der Waals surface area contributed by atoms with E-state index in [1.54, 1.807) is 13.3 Å². The summed E-state index contributed by atoms with van der Waals surface area (Å²) in [6.45, 7) is 3.72. The van der Waals surface area contributed by atoms with E-state index < -0.39 is 5.97 Å². The molecular formula is C17H25N3O3. The van der Waals surface area contributed by atoms with Gasteiger partial charge in [0, 0.05) is 25.4 Å². The quantitative estimate of drug-likeness (QED) is 0.906. The van der Waals surface area contributed by atoms with Crippen LogP contribution >= 0.6 is 0 Å². The topological polar surface area (TPSA) is 65.9 Å². The third-order valence-electron chi connectivity index (χ3n) is 5.35. The summed E-state index contributed by atoms with van der Waals surface area (Å²) in [5.41, 5.74) is 1.20. The number of nitrogens with zero attached hydrogens (tertiary/aromatic N) is 3. The SMILES string of the molecule is COc1ccnc(CN2CCC3(CC2)C[C@H](C(=O)O)N(C)C3)c1. The molecule has 23 heavy (non-hydrogen) atoms. The fraction of sp³-hybridized carbons (Fsp3) is 0.647. The number of piperidine rings is 1. The lowest BCUT2D eigenvalue weighted by Crippen LogP contribution is -2.41. The first-order valence-corrected chi connectivity index (χ1v) is 8.16. The lowest BCUT2D eigenvalue weighted by Gasteiger charge is -2.39. The molecule has 1 aromatic heterocycles. The minimum Gasteiger partial charge on any atom is -0.497 e. The Labute approximate surface area is 137 Å². The maximum Gasteiger partial charge on any atom is 0.320 e. The van der Waals surface area contributed by atoms with Crippen LogP contribution in [0.25, 0.3) is 0 Å². The highest BCUT2D eigenvalue weighted by molar-refractivity contribution is 5.74. The maximum absolute atomic E-state index is 11.3. The highest BCUT2D eigenvalue weighted by atomic mass is 16.5. The summed E-state index contributed by atoms with van der Waals surface area (Å²) in [5.74, 6) is 0.151. The lowest BCUT2D eigenvalue weighted by atomic mass is 9.76. The number of aliphatic carboxylic acids is 1. The molecule has 2 aliphatic heterocycles. The Hall–Kier alpha value is -1.66. The van der Waals surface area contributed by atoms with E-state index in [9.17, 15) is 9.90 Å². The minimum absolute atomic E-state index is 0.177. The predicted molar refractivity (Wildman–Crippen MR) is 86.4 cm³/mol. The molecule has 1 N–H and O–H groups in total. The van der Waals surface area contributed by atoms with Crippen LogP contribution in [0.2, 0.25) is 0 Å². The van der Waals surface area contributed by atoms with E-state index >= 15 is 0 Å². The number of carbonyl (C=O) groups is 1. The molecule has 0 unspecified atom stereocenters. The number of aromatic nitrogens is 1. The number of rotatable bonds is 4. The monoisotopic (exact) mass is 319 g/mol. The molecule has 0 amide bonds. The van der Waals surface area contributed by atoms with Gasteiger partial charge in [-0.2, -0.15) is 0 Å². The Kier molecular flexibility index (Phi) is 4.55. The van der Waals surface area contributed by atoms with E-state index in [1.165, 1.54) is 0 Å². The zero-order chi connectivity index (χ0) is 16.4. The third-order valence-corrected chi connectivity index (χ3v) is 5.35. The molecule has 2 fully saturated rings. The van der Waals surface area contributed by atoms with Crippen LogP contribution in [-0.4, -0.2) is 65.7 Å². The number of likely N-dealkylation sites (tertiary alicyclic amines) is 2. The number of hydrogen-bond donors (Lipinski definition) is 1. The summed E-state index contributed by atoms with van der Waals surface area (Å²) in [6.07, 6.45) is 4.68. The van der Waals surface area contributed by atoms with E-state index in [0.29, 0.717) is 0 Å². The van der Waals surface area contributed by atoms with Crippen LogP contribution in [0.15, 0.2) is 18.3 Å². The van der Waals surface area contributed by atoms with Gasteiger partial charge in [-0.15, -0.1) is 0 Å². The Morgan fingerprint density at radius 1 is 1.48 bits per heavy atom. The predicted octanol–water partition coefficient (Wildman–Crippen LogP) is 1.46. The van der Waals surface area contributed by atoms with E-state index in [2.05, 4.69) is 9.88 Å². The molecule has 1 atom stereocenters. The van der Waals surface area contributed by atoms with Crippen LogP contribution < -0.4 is 4.74 Å². The second kappa shape index (κ2) is 6.45. The van der Waals surface area contributed by atoms with E-state index in [1.807, 2.05) is 24.1 Å². The van der Waals surface area contributed by atoms with E-state index in [0.717, 1.165) is 56.9 Å². The standard InChI is InChI=1S/C17H25N3O3/c1-19-12-17(10-15(19)16(21)22)4-7-20(8-5-17)11-13-9-14(23-2)3-6-18-13/h3,6,9,15H,4-5,7-8,10-12H2,1-2H3,(H,21,22)/t15-/m1/s1. The molecular weight excluding hydrogens is 294 g/mol. The molecule has 3 heterocycles. The van der Waals surface area contributed by atoms with Gasteiger partial charge in [0.25, 0.3) is 0 Å². The van der Waals surface area contributed by atoms with Crippen LogP contribution in [0, 0.1) is 5.41 Å². The van der Waals surface area contributed by atoms with Gasteiger partial charge in [0.05, 0.1) is 12.8 Å². The summed E-state index contributed by atoms with van der Waals surface area (Å²) in [5, 5.41) is 9.32. The van der Waals surface area contributed by atoms with Crippen molar-refractivity contribution in [3.8, 4) is 5.75 Å². The van der Waals surface area contributed by atoms with Crippen LogP contribution in [0.4, 0.5) is 0 Å². The van der Waals surface area contributed by atoms with Gasteiger partial charge in [-0.3, -0.25) is 19.6 Å². The number of methoxy groups -OCH3 is 1. The Bertz CT molecular complexity index is 570. The number of ether oxygens (including phenoxy) is 1. The fourth-order valence-corrected chi connectivity index (χ4v) is 3.99. The highest BCUT2D eigenvalue weighted by Gasteiger charge is 2.46. The lowest BCUT2D eigenvalue weighted by molar-refractivity contribution is -0.141. The highest BCUT2D eigenvalue weighted by Crippen LogP contribution is 2.43. The van der Waals surface area contributed by atoms with Gasteiger partial charge in [0.2, 0.25) is 0 Å². The van der Waals surface area contributed by atoms with Crippen molar-refractivity contribution in [2.45, 2.75) is 31.8 Å². The van der Waals surface area contributed by atoms with Crippen molar-refractivity contribution < 1.29 is 14.6 Å². The molecule has 126 valence electrons. The summed E-state index contributed by atoms with van der Waals surface area (Å²) in [6, 6.07) is 3.52. The molecule has 3 rings (SSSR count). The minimum atomic E-state index is -0.688. The van der Waals surface area contributed by atoms with Gasteiger partial charge >= 0.3 is 5.97 Å². The van der Waals surface area contributed by atoms with Crippen LogP contribution in [-0.2, 0) is 11.3 Å². The zero-order valence-electron chi connectivity index (χ0n) is 13.9. The van der Waals surface area contributed by atoms with Crippen molar-refractivity contribution in [2.75, 3.05) is 33.8 Å². The maximum atomic E-state index is 11.3. The molecule has 6 nitrogen and oxygen atoms in total. The average molecular weight is 319 g/mol. The van der Waals surface area contributed by atoms with Gasteiger partial charge in [-0.1, -0.05) is 0 Å². The van der Waals surface area contributed by atoms with Crippen molar-refractivity contribution in [3.63, 3.8) is 0 Å². The Morgan fingerprint density at radius 3 is 2.83 bits per heavy atom. The third kappa shape index (κ3) is 3.48. The summed E-state index contributed by atoms with van der Waals surface area (Å²) < 4.78 is 5.25. The molecule has 6 heteroatoms. The number of carboxylic acids is 1. The van der Waals surface area contributed by atoms with Crippen molar-refractivity contribution >= 4 is 5.97 Å². The van der Waals surface area contributed by atoms with Crippen LogP contribution in [0.5, 0.6) is 5.75 Å². The Morgan fingerprint density at radius 2 is 2.22 bits per heavy atom. The fourth-order valence-electron chi connectivity index (χ4n) is 3.99. The first-order chi connectivity index (χ1) is 11.0. The van der Waals surface area contributed by atoms with Crippen LogP contribution in [0.1, 0.15) is 25.0 Å². The van der Waals surface area contributed by atoms with Gasteiger partial charge < -0.3 is 9.84 Å². The largest absolute Gasteiger partial charge is 0.497 e. The summed E-state index contributed by atoms with van der Waals surface area (Å²) in [4.78, 5) is 20.1. The number of carboxylic acid groups (broad SMARTS) is 1. The van der Waals surface area contributed by atoms with E-state index in [4.69, 9.17) is 4.74 Å². The average Bonchev–Trinajstić information content (AvgIpc) is 2.87. The van der Waals surface area contributed by atoms with Crippen molar-refractivity contribution in [1.29, 1.82) is 0 Å². The molecule has 1 aromatic rings. The van der Waals surface area contributed by atoms with Crippen molar-refractivity contribution in [1.82, 2.24) is 14.8 Å². The van der Waals surface area contributed by atoms with Gasteiger partial charge in [0.1, 0.15) is 11.8 Å². The number of likely N-dealkylation sites (N-methyl/N-ethyl adjacent to an activating group) is 1. The first-order valence-electron chi connectivity index (χ1n) is 8.16. The van der Waals surface area contributed by atoms with Crippen molar-refractivity contribution in [3.05, 3.63) is 24.0 Å².